The summed E-state index contributed by atoms with van der Waals surface area (Å²) in [5.74, 6) is 0.616. The summed E-state index contributed by atoms with van der Waals surface area (Å²) in [6.45, 7) is 2.02. The molecule has 0 radical (unpaired) electrons. The van der Waals surface area contributed by atoms with Crippen LogP contribution in [-0.2, 0) is 11.3 Å². The number of hydrazine groups is 1. The first-order chi connectivity index (χ1) is 15.0. The lowest BCUT2D eigenvalue weighted by atomic mass is 10.1. The Bertz CT molecular complexity index is 1160. The zero-order valence-electron chi connectivity index (χ0n) is 16.5. The van der Waals surface area contributed by atoms with Crippen LogP contribution in [0, 0.1) is 25.1 Å². The predicted molar refractivity (Wildman–Crippen MR) is 116 cm³/mol. The number of amides is 2. The third-order valence-corrected chi connectivity index (χ3v) is 4.81. The first kappa shape index (κ1) is 22.0. The average Bonchev–Trinajstić information content (AvgIpc) is 2.78. The highest BCUT2D eigenvalue weighted by molar-refractivity contribution is 7.97. The minimum absolute atomic E-state index is 0.171. The van der Waals surface area contributed by atoms with Crippen molar-refractivity contribution in [3.63, 3.8) is 0 Å². The minimum Gasteiger partial charge on any atom is -0.341 e. The Morgan fingerprint density at radius 3 is 2.77 bits per heavy atom. The molecule has 0 spiro atoms. The number of pyridine rings is 2. The van der Waals surface area contributed by atoms with Gasteiger partial charge in [0.05, 0.1) is 10.6 Å². The number of aryl methyl sites for hydroxylation is 1. The Morgan fingerprint density at radius 1 is 1.19 bits per heavy atom. The SMILES string of the molecule is C#CC(=O)NCc1ccnc(-c2cc(C)nc(C(=O)NNSc3ccccc3F)c2)c1. The number of benzene rings is 1. The molecule has 0 aliphatic rings. The molecule has 0 aliphatic carbocycles. The van der Waals surface area contributed by atoms with Crippen LogP contribution in [0.4, 0.5) is 4.39 Å². The lowest BCUT2D eigenvalue weighted by molar-refractivity contribution is -0.115. The van der Waals surface area contributed by atoms with Crippen LogP contribution in [0.5, 0.6) is 0 Å². The Labute approximate surface area is 183 Å². The molecular weight excluding hydrogens is 417 g/mol. The van der Waals surface area contributed by atoms with Crippen molar-refractivity contribution in [1.29, 1.82) is 0 Å². The van der Waals surface area contributed by atoms with E-state index in [9.17, 15) is 14.0 Å². The van der Waals surface area contributed by atoms with Crippen molar-refractivity contribution in [2.45, 2.75) is 18.4 Å². The van der Waals surface area contributed by atoms with Gasteiger partial charge in [0.15, 0.2) is 0 Å². The Balaban J connectivity index is 1.71. The van der Waals surface area contributed by atoms with E-state index in [1.807, 2.05) is 5.92 Å². The van der Waals surface area contributed by atoms with E-state index < -0.39 is 17.6 Å². The largest absolute Gasteiger partial charge is 0.341 e. The van der Waals surface area contributed by atoms with Crippen molar-refractivity contribution >= 4 is 23.8 Å². The van der Waals surface area contributed by atoms with Crippen molar-refractivity contribution in [3.8, 4) is 23.6 Å². The second-order valence-electron chi connectivity index (χ2n) is 6.35. The predicted octanol–water partition coefficient (Wildman–Crippen LogP) is 2.78. The number of nitrogens with zero attached hydrogens (tertiary/aromatic N) is 2. The quantitative estimate of drug-likeness (QED) is 0.300. The molecule has 9 heteroatoms. The van der Waals surface area contributed by atoms with Gasteiger partial charge in [0.2, 0.25) is 0 Å². The van der Waals surface area contributed by atoms with Gasteiger partial charge in [0.1, 0.15) is 11.5 Å². The van der Waals surface area contributed by atoms with Gasteiger partial charge in [-0.15, -0.1) is 6.42 Å². The van der Waals surface area contributed by atoms with Gasteiger partial charge in [-0.1, -0.05) is 12.1 Å². The number of carbonyl (C=O) groups is 2. The molecular formula is C22H18FN5O2S. The van der Waals surface area contributed by atoms with Crippen LogP contribution in [0.3, 0.4) is 0 Å². The molecule has 7 nitrogen and oxygen atoms in total. The molecule has 0 saturated carbocycles. The monoisotopic (exact) mass is 435 g/mol. The van der Waals surface area contributed by atoms with Gasteiger partial charge in [-0.3, -0.25) is 20.0 Å². The van der Waals surface area contributed by atoms with E-state index in [1.165, 1.54) is 6.07 Å². The number of terminal acetylenes is 1. The number of rotatable bonds is 7. The second-order valence-corrected chi connectivity index (χ2v) is 7.20. The van der Waals surface area contributed by atoms with E-state index in [0.717, 1.165) is 17.5 Å². The highest BCUT2D eigenvalue weighted by Crippen LogP contribution is 2.20. The van der Waals surface area contributed by atoms with Gasteiger partial charge in [-0.05, 0) is 66.8 Å². The molecule has 0 unspecified atom stereocenters. The number of aromatic nitrogens is 2. The summed E-state index contributed by atoms with van der Waals surface area (Å²) in [6.07, 6.45) is 6.66. The fraction of sp³-hybridized carbons (Fsp3) is 0.0909. The van der Waals surface area contributed by atoms with Crippen molar-refractivity contribution in [1.82, 2.24) is 25.5 Å². The van der Waals surface area contributed by atoms with Gasteiger partial charge in [-0.25, -0.2) is 9.37 Å². The number of halogens is 1. The maximum Gasteiger partial charge on any atom is 0.295 e. The van der Waals surface area contributed by atoms with Crippen LogP contribution in [-0.4, -0.2) is 21.8 Å². The Hall–Kier alpha value is -3.74. The molecule has 2 heterocycles. The smallest absolute Gasteiger partial charge is 0.295 e. The van der Waals surface area contributed by atoms with Gasteiger partial charge < -0.3 is 5.32 Å². The lowest BCUT2D eigenvalue weighted by Crippen LogP contribution is -2.33. The summed E-state index contributed by atoms with van der Waals surface area (Å²) < 4.78 is 13.7. The maximum absolute atomic E-state index is 13.7. The van der Waals surface area contributed by atoms with Crippen LogP contribution >= 0.6 is 11.9 Å². The first-order valence-electron chi connectivity index (χ1n) is 9.11. The van der Waals surface area contributed by atoms with Crippen molar-refractivity contribution in [3.05, 3.63) is 77.5 Å². The molecule has 3 rings (SSSR count). The van der Waals surface area contributed by atoms with Gasteiger partial charge in [-0.2, -0.15) is 4.83 Å². The molecule has 0 saturated heterocycles. The van der Waals surface area contributed by atoms with Crippen LogP contribution < -0.4 is 15.6 Å². The molecule has 3 aromatic rings. The van der Waals surface area contributed by atoms with Gasteiger partial charge in [0, 0.05) is 24.0 Å². The highest BCUT2D eigenvalue weighted by Gasteiger charge is 2.12. The lowest BCUT2D eigenvalue weighted by Gasteiger charge is -2.10. The third-order valence-electron chi connectivity index (χ3n) is 4.05. The van der Waals surface area contributed by atoms with E-state index in [-0.39, 0.29) is 12.2 Å². The zero-order valence-corrected chi connectivity index (χ0v) is 17.3. The van der Waals surface area contributed by atoms with Crippen molar-refractivity contribution in [2.24, 2.45) is 0 Å². The summed E-state index contributed by atoms with van der Waals surface area (Å²) in [5.41, 5.74) is 5.38. The molecule has 0 aliphatic heterocycles. The van der Waals surface area contributed by atoms with E-state index >= 15 is 0 Å². The van der Waals surface area contributed by atoms with Crippen LogP contribution in [0.1, 0.15) is 21.7 Å². The molecule has 31 heavy (non-hydrogen) atoms. The molecule has 156 valence electrons. The minimum atomic E-state index is -0.502. The first-order valence-corrected chi connectivity index (χ1v) is 9.93. The summed E-state index contributed by atoms with van der Waals surface area (Å²) in [7, 11) is 0. The van der Waals surface area contributed by atoms with Crippen LogP contribution in [0.15, 0.2) is 59.6 Å². The molecule has 0 fully saturated rings. The summed E-state index contributed by atoms with van der Waals surface area (Å²) >= 11 is 0.941. The van der Waals surface area contributed by atoms with Crippen molar-refractivity contribution < 1.29 is 14.0 Å². The molecule has 3 N–H and O–H groups in total. The van der Waals surface area contributed by atoms with Gasteiger partial charge in [0.25, 0.3) is 11.8 Å². The number of nitrogens with one attached hydrogen (secondary N) is 3. The normalized spacial score (nSPS) is 10.2. The molecule has 1 aromatic carbocycles. The summed E-state index contributed by atoms with van der Waals surface area (Å²) in [6, 6.07) is 13.1. The molecule has 0 atom stereocenters. The van der Waals surface area contributed by atoms with E-state index in [2.05, 4.69) is 25.5 Å². The second kappa shape index (κ2) is 10.3. The van der Waals surface area contributed by atoms with Crippen molar-refractivity contribution in [2.75, 3.05) is 0 Å². The standard InChI is InChI=1S/C22H18FN5O2S/c1-3-21(29)25-13-15-8-9-24-18(11-15)16-10-14(2)26-19(12-16)22(30)27-28-31-20-7-5-4-6-17(20)23/h1,4-12,28H,13H2,2H3,(H,25,29)(H,27,30). The number of hydrogen-bond donors (Lipinski definition) is 3. The average molecular weight is 435 g/mol. The van der Waals surface area contributed by atoms with Gasteiger partial charge >= 0.3 is 0 Å². The summed E-state index contributed by atoms with van der Waals surface area (Å²) in [5, 5.41) is 2.59. The van der Waals surface area contributed by atoms with E-state index in [4.69, 9.17) is 6.42 Å². The third kappa shape index (κ3) is 6.12. The zero-order chi connectivity index (χ0) is 22.2. The van der Waals surface area contributed by atoms with E-state index in [1.54, 1.807) is 55.6 Å². The Morgan fingerprint density at radius 2 is 2.00 bits per heavy atom. The molecule has 0 bridgehead atoms. The van der Waals surface area contributed by atoms with E-state index in [0.29, 0.717) is 21.8 Å². The summed E-state index contributed by atoms with van der Waals surface area (Å²) in [4.78, 5) is 35.3. The van der Waals surface area contributed by atoms with Crippen LogP contribution in [0.25, 0.3) is 11.3 Å². The fourth-order valence-electron chi connectivity index (χ4n) is 2.63. The maximum atomic E-state index is 13.7. The molecule has 2 amide bonds. The number of carbonyl (C=O) groups excluding carboxylic acids is 2. The topological polar surface area (TPSA) is 96.0 Å². The molecule has 2 aromatic heterocycles. The highest BCUT2D eigenvalue weighted by atomic mass is 32.2. The Kier molecular flexibility index (Phi) is 7.32. The fourth-order valence-corrected chi connectivity index (χ4v) is 3.19. The number of hydrogen-bond acceptors (Lipinski definition) is 6. The van der Waals surface area contributed by atoms with Crippen LogP contribution in [0.2, 0.25) is 0 Å².